The van der Waals surface area contributed by atoms with Gasteiger partial charge >= 0.3 is 0 Å². The molecule has 0 heterocycles. The van der Waals surface area contributed by atoms with Crippen molar-refractivity contribution < 1.29 is 13.2 Å². The van der Waals surface area contributed by atoms with E-state index < -0.39 is 15.6 Å². The summed E-state index contributed by atoms with van der Waals surface area (Å²) in [6, 6.07) is 14.8. The molecule has 1 unspecified atom stereocenters. The Balaban J connectivity index is 0.00000512. The molecule has 0 bridgehead atoms. The first-order valence-electron chi connectivity index (χ1n) is 10.3. The molecular weight excluding hydrogens is 539 g/mol. The third-order valence-electron chi connectivity index (χ3n) is 4.35. The van der Waals surface area contributed by atoms with Crippen LogP contribution in [0, 0.1) is 6.92 Å². The van der Waals surface area contributed by atoms with E-state index in [4.69, 9.17) is 4.74 Å². The predicted octanol–water partition coefficient (Wildman–Crippen LogP) is 3.82. The van der Waals surface area contributed by atoms with E-state index in [1.54, 1.807) is 25.2 Å². The minimum atomic E-state index is -3.64. The van der Waals surface area contributed by atoms with Gasteiger partial charge < -0.3 is 15.4 Å². The number of hydrogen-bond acceptors (Lipinski definition) is 4. The van der Waals surface area contributed by atoms with Gasteiger partial charge in [-0.05, 0) is 57.9 Å². The van der Waals surface area contributed by atoms with Crippen molar-refractivity contribution in [3.05, 3.63) is 59.7 Å². The standard InChI is InChI=1S/C23H34N4O3S.HI/c1-17-11-7-9-13-20(17)30-18(2)15-25-22(24-6)26-16-19-12-8-10-14-21(19)31(28,29)27-23(3,4)5;/h7-14,18,27H,15-16H2,1-6H3,(H2,24,25,26);1H. The number of aryl methyl sites for hydroxylation is 1. The Morgan fingerprint density at radius 3 is 2.31 bits per heavy atom. The molecule has 0 aromatic heterocycles. The summed E-state index contributed by atoms with van der Waals surface area (Å²) < 4.78 is 34.3. The van der Waals surface area contributed by atoms with Crippen LogP contribution in [0.15, 0.2) is 58.4 Å². The van der Waals surface area contributed by atoms with Gasteiger partial charge in [-0.15, -0.1) is 24.0 Å². The summed E-state index contributed by atoms with van der Waals surface area (Å²) >= 11 is 0. The number of para-hydroxylation sites is 1. The van der Waals surface area contributed by atoms with E-state index in [9.17, 15) is 8.42 Å². The maximum absolute atomic E-state index is 12.8. The number of ether oxygens (including phenoxy) is 1. The molecular formula is C23H35IN4O3S. The average Bonchev–Trinajstić information content (AvgIpc) is 2.68. The van der Waals surface area contributed by atoms with Crippen molar-refractivity contribution in [2.45, 2.75) is 57.7 Å². The number of nitrogens with zero attached hydrogens (tertiary/aromatic N) is 1. The maximum atomic E-state index is 12.8. The van der Waals surface area contributed by atoms with Crippen molar-refractivity contribution in [2.24, 2.45) is 4.99 Å². The number of halogens is 1. The summed E-state index contributed by atoms with van der Waals surface area (Å²) in [5, 5.41) is 6.41. The third-order valence-corrected chi connectivity index (χ3v) is 6.21. The zero-order valence-corrected chi connectivity index (χ0v) is 22.7. The highest BCUT2D eigenvalue weighted by molar-refractivity contribution is 14.0. The lowest BCUT2D eigenvalue weighted by atomic mass is 10.1. The van der Waals surface area contributed by atoms with E-state index in [2.05, 4.69) is 20.3 Å². The smallest absolute Gasteiger partial charge is 0.241 e. The van der Waals surface area contributed by atoms with Crippen LogP contribution in [-0.2, 0) is 16.6 Å². The Labute approximate surface area is 209 Å². The number of sulfonamides is 1. The Morgan fingerprint density at radius 1 is 1.06 bits per heavy atom. The molecule has 178 valence electrons. The molecule has 9 heteroatoms. The van der Waals surface area contributed by atoms with E-state index in [1.165, 1.54) is 0 Å². The van der Waals surface area contributed by atoms with Gasteiger partial charge in [0.25, 0.3) is 0 Å². The van der Waals surface area contributed by atoms with Crippen LogP contribution >= 0.6 is 24.0 Å². The van der Waals surface area contributed by atoms with Crippen LogP contribution in [0.25, 0.3) is 0 Å². The van der Waals surface area contributed by atoms with Crippen LogP contribution in [0.1, 0.15) is 38.8 Å². The van der Waals surface area contributed by atoms with Gasteiger partial charge in [-0.1, -0.05) is 36.4 Å². The molecule has 0 aliphatic heterocycles. The fourth-order valence-corrected chi connectivity index (χ4v) is 4.62. The number of benzene rings is 2. The first-order valence-corrected chi connectivity index (χ1v) is 11.8. The summed E-state index contributed by atoms with van der Waals surface area (Å²) in [6.07, 6.45) is -0.0803. The van der Waals surface area contributed by atoms with Crippen LogP contribution < -0.4 is 20.1 Å². The van der Waals surface area contributed by atoms with E-state index in [0.717, 1.165) is 11.3 Å². The molecule has 0 fully saturated rings. The zero-order chi connectivity index (χ0) is 23.1. The molecule has 7 nitrogen and oxygen atoms in total. The van der Waals surface area contributed by atoms with Crippen LogP contribution in [0.2, 0.25) is 0 Å². The van der Waals surface area contributed by atoms with Gasteiger partial charge in [0.05, 0.1) is 11.4 Å². The molecule has 3 N–H and O–H groups in total. The Hall–Kier alpha value is -1.85. The van der Waals surface area contributed by atoms with Gasteiger partial charge in [0.15, 0.2) is 5.96 Å². The summed E-state index contributed by atoms with van der Waals surface area (Å²) in [4.78, 5) is 4.48. The molecule has 0 aliphatic rings. The van der Waals surface area contributed by atoms with Crippen molar-refractivity contribution in [3.8, 4) is 5.75 Å². The maximum Gasteiger partial charge on any atom is 0.241 e. The lowest BCUT2D eigenvalue weighted by Gasteiger charge is -2.22. The number of nitrogens with one attached hydrogen (secondary N) is 3. The summed E-state index contributed by atoms with van der Waals surface area (Å²) in [7, 11) is -1.97. The Morgan fingerprint density at radius 2 is 1.69 bits per heavy atom. The Bertz CT molecular complexity index is 1000. The first-order chi connectivity index (χ1) is 14.5. The molecule has 32 heavy (non-hydrogen) atoms. The first kappa shape index (κ1) is 28.2. The van der Waals surface area contributed by atoms with Crippen molar-refractivity contribution in [2.75, 3.05) is 13.6 Å². The SMILES string of the molecule is CN=C(NCc1ccccc1S(=O)(=O)NC(C)(C)C)NCC(C)Oc1ccccc1C.I. The van der Waals surface area contributed by atoms with Gasteiger partial charge in [0.2, 0.25) is 10.0 Å². The minimum Gasteiger partial charge on any atom is -0.489 e. The molecule has 0 spiro atoms. The number of guanidine groups is 1. The van der Waals surface area contributed by atoms with Crippen LogP contribution in [0.4, 0.5) is 0 Å². The summed E-state index contributed by atoms with van der Waals surface area (Å²) in [5.41, 5.74) is 1.18. The zero-order valence-electron chi connectivity index (χ0n) is 19.6. The summed E-state index contributed by atoms with van der Waals surface area (Å²) in [6.45, 7) is 10.3. The van der Waals surface area contributed by atoms with Gasteiger partial charge in [0, 0.05) is 19.1 Å². The molecule has 0 radical (unpaired) electrons. The van der Waals surface area contributed by atoms with E-state index in [1.807, 2.05) is 65.0 Å². The van der Waals surface area contributed by atoms with Crippen LogP contribution in [0.3, 0.4) is 0 Å². The monoisotopic (exact) mass is 574 g/mol. The van der Waals surface area contributed by atoms with Gasteiger partial charge in [0.1, 0.15) is 11.9 Å². The fourth-order valence-electron chi connectivity index (χ4n) is 2.96. The number of rotatable bonds is 8. The quantitative estimate of drug-likeness (QED) is 0.254. The number of aliphatic imine (C=N–C) groups is 1. The van der Waals surface area contributed by atoms with E-state index in [-0.39, 0.29) is 35.0 Å². The highest BCUT2D eigenvalue weighted by Crippen LogP contribution is 2.18. The highest BCUT2D eigenvalue weighted by atomic mass is 127. The normalized spacial score (nSPS) is 13.1. The predicted molar refractivity (Wildman–Crippen MR) is 141 cm³/mol. The molecule has 1 atom stereocenters. The van der Waals surface area contributed by atoms with Crippen molar-refractivity contribution in [1.82, 2.24) is 15.4 Å². The van der Waals surface area contributed by atoms with Crippen LogP contribution in [-0.4, -0.2) is 39.6 Å². The molecule has 2 aromatic carbocycles. The second kappa shape index (κ2) is 12.4. The minimum absolute atomic E-state index is 0. The Kier molecular flexibility index (Phi) is 10.9. The second-order valence-corrected chi connectivity index (χ2v) is 10.1. The molecule has 0 saturated carbocycles. The van der Waals surface area contributed by atoms with E-state index in [0.29, 0.717) is 24.6 Å². The fraction of sp³-hybridized carbons (Fsp3) is 0.435. The lowest BCUT2D eigenvalue weighted by molar-refractivity contribution is 0.222. The van der Waals surface area contributed by atoms with Crippen molar-refractivity contribution >= 4 is 40.0 Å². The number of hydrogen-bond donors (Lipinski definition) is 3. The van der Waals surface area contributed by atoms with Gasteiger partial charge in [-0.2, -0.15) is 0 Å². The molecule has 0 saturated heterocycles. The molecule has 2 rings (SSSR count). The van der Waals surface area contributed by atoms with Crippen molar-refractivity contribution in [3.63, 3.8) is 0 Å². The second-order valence-electron chi connectivity index (χ2n) is 8.46. The van der Waals surface area contributed by atoms with E-state index >= 15 is 0 Å². The van der Waals surface area contributed by atoms with Gasteiger partial charge in [-0.25, -0.2) is 13.1 Å². The lowest BCUT2D eigenvalue weighted by Crippen LogP contribution is -2.42. The third kappa shape index (κ3) is 8.95. The molecule has 0 aliphatic carbocycles. The average molecular weight is 575 g/mol. The molecule has 2 aromatic rings. The molecule has 0 amide bonds. The van der Waals surface area contributed by atoms with Crippen LogP contribution in [0.5, 0.6) is 5.75 Å². The topological polar surface area (TPSA) is 91.8 Å². The van der Waals surface area contributed by atoms with Gasteiger partial charge in [-0.3, -0.25) is 4.99 Å². The highest BCUT2D eigenvalue weighted by Gasteiger charge is 2.24. The largest absolute Gasteiger partial charge is 0.489 e. The van der Waals surface area contributed by atoms with Crippen molar-refractivity contribution in [1.29, 1.82) is 0 Å². The summed E-state index contributed by atoms with van der Waals surface area (Å²) in [5.74, 6) is 1.42.